The molecule has 4 nitrogen and oxygen atoms in total. The second kappa shape index (κ2) is 7.57. The van der Waals surface area contributed by atoms with E-state index >= 15 is 0 Å². The van der Waals surface area contributed by atoms with Crippen molar-refractivity contribution in [1.82, 2.24) is 5.32 Å². The molecule has 116 valence electrons. The predicted octanol–water partition coefficient (Wildman–Crippen LogP) is 2.26. The van der Waals surface area contributed by atoms with Crippen molar-refractivity contribution in [2.45, 2.75) is 44.8 Å². The molecule has 1 aliphatic carbocycles. The van der Waals surface area contributed by atoms with Crippen LogP contribution in [0.4, 0.5) is 0 Å². The summed E-state index contributed by atoms with van der Waals surface area (Å²) in [4.78, 5) is 12.0. The number of carbonyl (C=O) groups excluding carboxylic acids is 1. The number of hydrogen-bond donors (Lipinski definition) is 2. The molecule has 0 spiro atoms. The molecule has 4 heteroatoms. The third kappa shape index (κ3) is 4.83. The summed E-state index contributed by atoms with van der Waals surface area (Å²) >= 11 is 0. The second-order valence-electron chi connectivity index (χ2n) is 6.05. The Balaban J connectivity index is 1.63. The van der Waals surface area contributed by atoms with Crippen LogP contribution < -0.4 is 5.32 Å². The molecule has 0 aliphatic heterocycles. The lowest BCUT2D eigenvalue weighted by atomic mass is 10.0. The monoisotopic (exact) mass is 291 g/mol. The molecular weight excluding hydrogens is 266 g/mol. The number of carbonyl (C=O) groups is 1. The number of nitrogens with one attached hydrogen (secondary N) is 1. The van der Waals surface area contributed by atoms with Crippen LogP contribution in [0.15, 0.2) is 30.3 Å². The number of aliphatic hydroxyl groups is 1. The maximum Gasteiger partial charge on any atom is 0.251 e. The predicted molar refractivity (Wildman–Crippen MR) is 81.7 cm³/mol. The van der Waals surface area contributed by atoms with Crippen molar-refractivity contribution in [1.29, 1.82) is 0 Å². The summed E-state index contributed by atoms with van der Waals surface area (Å²) in [5, 5.41) is 13.0. The van der Waals surface area contributed by atoms with E-state index in [1.54, 1.807) is 0 Å². The van der Waals surface area contributed by atoms with Crippen LogP contribution in [0.2, 0.25) is 0 Å². The molecule has 1 aliphatic rings. The summed E-state index contributed by atoms with van der Waals surface area (Å²) in [6.07, 6.45) is 3.02. The van der Waals surface area contributed by atoms with E-state index < -0.39 is 5.60 Å². The zero-order valence-electron chi connectivity index (χ0n) is 12.7. The van der Waals surface area contributed by atoms with E-state index in [2.05, 4.69) is 5.32 Å². The van der Waals surface area contributed by atoms with Crippen molar-refractivity contribution >= 4 is 5.91 Å². The highest BCUT2D eigenvalue weighted by molar-refractivity contribution is 5.85. The van der Waals surface area contributed by atoms with Gasteiger partial charge in [-0.3, -0.25) is 4.79 Å². The fourth-order valence-corrected chi connectivity index (χ4v) is 2.63. The van der Waals surface area contributed by atoms with Crippen molar-refractivity contribution in [3.8, 4) is 0 Å². The van der Waals surface area contributed by atoms with Gasteiger partial charge in [0.2, 0.25) is 0 Å². The third-order valence-electron chi connectivity index (χ3n) is 3.98. The van der Waals surface area contributed by atoms with Gasteiger partial charge in [0.05, 0.1) is 13.2 Å². The summed E-state index contributed by atoms with van der Waals surface area (Å²) in [5.41, 5.74) is 0.0129. The van der Waals surface area contributed by atoms with Crippen molar-refractivity contribution < 1.29 is 14.6 Å². The standard InChI is InChI=1S/C17H25NO3/c1-14(12-21-13-15-7-3-2-4-8-15)11-18-16(19)17(20)9-5-6-10-17/h2-4,7-8,14,20H,5-6,9-13H2,1H3,(H,18,19). The minimum absolute atomic E-state index is 0.225. The Morgan fingerprint density at radius 1 is 1.33 bits per heavy atom. The molecule has 0 aromatic heterocycles. The molecule has 0 saturated heterocycles. The summed E-state index contributed by atoms with van der Waals surface area (Å²) in [5.74, 6) is -0.00225. The van der Waals surface area contributed by atoms with Crippen molar-refractivity contribution in [2.75, 3.05) is 13.2 Å². The Labute approximate surface area is 126 Å². The molecule has 21 heavy (non-hydrogen) atoms. The van der Waals surface area contributed by atoms with Crippen LogP contribution in [-0.2, 0) is 16.1 Å². The lowest BCUT2D eigenvalue weighted by Gasteiger charge is -2.22. The van der Waals surface area contributed by atoms with Crippen LogP contribution >= 0.6 is 0 Å². The van der Waals surface area contributed by atoms with E-state index in [4.69, 9.17) is 4.74 Å². The van der Waals surface area contributed by atoms with Gasteiger partial charge >= 0.3 is 0 Å². The maximum atomic E-state index is 12.0. The Hall–Kier alpha value is -1.39. The molecule has 1 atom stereocenters. The number of rotatable bonds is 7. The van der Waals surface area contributed by atoms with Crippen LogP contribution in [0.3, 0.4) is 0 Å². The van der Waals surface area contributed by atoms with Gasteiger partial charge in [0.15, 0.2) is 0 Å². The highest BCUT2D eigenvalue weighted by atomic mass is 16.5. The van der Waals surface area contributed by atoms with Crippen LogP contribution in [-0.4, -0.2) is 29.8 Å². The zero-order valence-corrected chi connectivity index (χ0v) is 12.7. The minimum Gasteiger partial charge on any atom is -0.380 e. The van der Waals surface area contributed by atoms with Crippen LogP contribution in [0.25, 0.3) is 0 Å². The van der Waals surface area contributed by atoms with Crippen LogP contribution in [0.1, 0.15) is 38.2 Å². The molecule has 0 bridgehead atoms. The lowest BCUT2D eigenvalue weighted by molar-refractivity contribution is -0.139. The fourth-order valence-electron chi connectivity index (χ4n) is 2.63. The first-order chi connectivity index (χ1) is 10.1. The van der Waals surface area contributed by atoms with E-state index in [1.807, 2.05) is 37.3 Å². The fraction of sp³-hybridized carbons (Fsp3) is 0.588. The molecule has 2 rings (SSSR count). The Bertz CT molecular complexity index is 441. The normalized spacial score (nSPS) is 18.4. The van der Waals surface area contributed by atoms with E-state index in [0.717, 1.165) is 18.4 Å². The zero-order chi connectivity index (χ0) is 15.1. The summed E-state index contributed by atoms with van der Waals surface area (Å²) in [6.45, 7) is 3.75. The SMILES string of the molecule is CC(CNC(=O)C1(O)CCCC1)COCc1ccccc1. The lowest BCUT2D eigenvalue weighted by Crippen LogP contribution is -2.46. The van der Waals surface area contributed by atoms with Gasteiger partial charge in [0, 0.05) is 6.54 Å². The average Bonchev–Trinajstić information content (AvgIpc) is 2.94. The third-order valence-corrected chi connectivity index (χ3v) is 3.98. The second-order valence-corrected chi connectivity index (χ2v) is 6.05. The molecule has 2 N–H and O–H groups in total. The van der Waals surface area contributed by atoms with E-state index in [9.17, 15) is 9.90 Å². The summed E-state index contributed by atoms with van der Waals surface area (Å²) in [6, 6.07) is 10.0. The maximum absolute atomic E-state index is 12.0. The molecule has 1 aromatic carbocycles. The van der Waals surface area contributed by atoms with Gasteiger partial charge in [-0.2, -0.15) is 0 Å². The highest BCUT2D eigenvalue weighted by Gasteiger charge is 2.38. The van der Waals surface area contributed by atoms with Crippen molar-refractivity contribution in [3.63, 3.8) is 0 Å². The Morgan fingerprint density at radius 2 is 2.00 bits per heavy atom. The number of benzene rings is 1. The average molecular weight is 291 g/mol. The quantitative estimate of drug-likeness (QED) is 0.810. The van der Waals surface area contributed by atoms with Crippen LogP contribution in [0.5, 0.6) is 0 Å². The summed E-state index contributed by atoms with van der Waals surface area (Å²) < 4.78 is 5.65. The molecule has 0 radical (unpaired) electrons. The van der Waals surface area contributed by atoms with Gasteiger partial charge in [-0.25, -0.2) is 0 Å². The van der Waals surface area contributed by atoms with Gasteiger partial charge in [0.1, 0.15) is 5.60 Å². The van der Waals surface area contributed by atoms with Gasteiger partial charge < -0.3 is 15.2 Å². The van der Waals surface area contributed by atoms with Gasteiger partial charge in [-0.05, 0) is 37.2 Å². The van der Waals surface area contributed by atoms with Gasteiger partial charge in [0.25, 0.3) is 5.91 Å². The molecule has 0 heterocycles. The molecule has 1 saturated carbocycles. The highest BCUT2D eigenvalue weighted by Crippen LogP contribution is 2.29. The van der Waals surface area contributed by atoms with E-state index in [1.165, 1.54) is 0 Å². The van der Waals surface area contributed by atoms with Crippen molar-refractivity contribution in [2.24, 2.45) is 5.92 Å². The van der Waals surface area contributed by atoms with Crippen LogP contribution in [0, 0.1) is 5.92 Å². The first kappa shape index (κ1) is 16.0. The minimum atomic E-state index is -1.13. The molecule has 1 amide bonds. The topological polar surface area (TPSA) is 58.6 Å². The molecule has 1 unspecified atom stereocenters. The summed E-state index contributed by atoms with van der Waals surface area (Å²) in [7, 11) is 0. The smallest absolute Gasteiger partial charge is 0.251 e. The molecule has 1 aromatic rings. The molecule has 1 fully saturated rings. The molecular formula is C17H25NO3. The number of ether oxygens (including phenoxy) is 1. The first-order valence-electron chi connectivity index (χ1n) is 7.72. The Morgan fingerprint density at radius 3 is 2.67 bits per heavy atom. The van der Waals surface area contributed by atoms with Gasteiger partial charge in [-0.15, -0.1) is 0 Å². The number of amides is 1. The Kier molecular flexibility index (Phi) is 5.76. The van der Waals surface area contributed by atoms with Gasteiger partial charge in [-0.1, -0.05) is 37.3 Å². The van der Waals surface area contributed by atoms with E-state index in [-0.39, 0.29) is 11.8 Å². The number of hydrogen-bond acceptors (Lipinski definition) is 3. The van der Waals surface area contributed by atoms with Crippen molar-refractivity contribution in [3.05, 3.63) is 35.9 Å². The van der Waals surface area contributed by atoms with E-state index in [0.29, 0.717) is 32.6 Å². The largest absolute Gasteiger partial charge is 0.380 e. The first-order valence-corrected chi connectivity index (χ1v) is 7.72.